The molecule has 0 atom stereocenters. The fourth-order valence-corrected chi connectivity index (χ4v) is 2.98. The van der Waals surface area contributed by atoms with Crippen LogP contribution in [0.1, 0.15) is 5.69 Å². The van der Waals surface area contributed by atoms with E-state index in [0.29, 0.717) is 5.88 Å². The SMILES string of the molecule is COC(=O)COc1c(Sc2ccccc2OC)c(C)nn1C. The zero-order valence-corrected chi connectivity index (χ0v) is 13.8. The van der Waals surface area contributed by atoms with Gasteiger partial charge in [0.15, 0.2) is 6.61 Å². The molecule has 0 fully saturated rings. The number of hydrogen-bond acceptors (Lipinski definition) is 6. The normalized spacial score (nSPS) is 10.4. The van der Waals surface area contributed by atoms with Gasteiger partial charge < -0.3 is 14.2 Å². The van der Waals surface area contributed by atoms with Gasteiger partial charge in [0.25, 0.3) is 0 Å². The summed E-state index contributed by atoms with van der Waals surface area (Å²) in [5.41, 5.74) is 0.818. The second-order valence-corrected chi connectivity index (χ2v) is 5.51. The van der Waals surface area contributed by atoms with Gasteiger partial charge in [-0.25, -0.2) is 9.48 Å². The Balaban J connectivity index is 2.28. The lowest BCUT2D eigenvalue weighted by atomic mass is 10.3. The highest BCUT2D eigenvalue weighted by Crippen LogP contribution is 2.41. The van der Waals surface area contributed by atoms with Crippen molar-refractivity contribution in [2.75, 3.05) is 20.8 Å². The first-order valence-electron chi connectivity index (χ1n) is 6.61. The van der Waals surface area contributed by atoms with Gasteiger partial charge in [0.1, 0.15) is 5.75 Å². The number of hydrogen-bond donors (Lipinski definition) is 0. The predicted octanol–water partition coefficient (Wildman–Crippen LogP) is 2.44. The summed E-state index contributed by atoms with van der Waals surface area (Å²) in [7, 11) is 4.72. The number of aromatic nitrogens is 2. The van der Waals surface area contributed by atoms with Crippen molar-refractivity contribution in [2.24, 2.45) is 7.05 Å². The van der Waals surface area contributed by atoms with Crippen LogP contribution in [0.5, 0.6) is 11.6 Å². The minimum atomic E-state index is -0.438. The number of nitrogens with zero attached hydrogens (tertiary/aromatic N) is 2. The Kier molecular flexibility index (Phi) is 5.32. The summed E-state index contributed by atoms with van der Waals surface area (Å²) in [6.45, 7) is 1.73. The van der Waals surface area contributed by atoms with E-state index >= 15 is 0 Å². The van der Waals surface area contributed by atoms with E-state index in [0.717, 1.165) is 21.2 Å². The Labute approximate surface area is 133 Å². The summed E-state index contributed by atoms with van der Waals surface area (Å²) in [5, 5.41) is 4.34. The molecule has 0 aliphatic heterocycles. The number of ether oxygens (including phenoxy) is 3. The summed E-state index contributed by atoms with van der Waals surface area (Å²) in [4.78, 5) is 13.1. The van der Waals surface area contributed by atoms with Crippen LogP contribution in [0.15, 0.2) is 34.1 Å². The summed E-state index contributed by atoms with van der Waals surface area (Å²) >= 11 is 1.49. The van der Waals surface area contributed by atoms with Gasteiger partial charge in [-0.05, 0) is 19.1 Å². The molecule has 6 nitrogen and oxygen atoms in total. The van der Waals surface area contributed by atoms with E-state index in [1.807, 2.05) is 31.2 Å². The summed E-state index contributed by atoms with van der Waals surface area (Å²) in [6, 6.07) is 7.70. The van der Waals surface area contributed by atoms with Crippen LogP contribution in [0.2, 0.25) is 0 Å². The molecule has 0 radical (unpaired) electrons. The highest BCUT2D eigenvalue weighted by molar-refractivity contribution is 7.99. The third-order valence-electron chi connectivity index (χ3n) is 2.95. The maximum absolute atomic E-state index is 11.3. The highest BCUT2D eigenvalue weighted by Gasteiger charge is 2.19. The molecule has 0 saturated carbocycles. The Morgan fingerprint density at radius 2 is 2.05 bits per heavy atom. The molecular formula is C15H18N2O4S. The van der Waals surface area contributed by atoms with E-state index in [-0.39, 0.29) is 6.61 Å². The topological polar surface area (TPSA) is 62.6 Å². The lowest BCUT2D eigenvalue weighted by Crippen LogP contribution is -2.14. The molecule has 7 heteroatoms. The molecule has 0 aliphatic carbocycles. The average Bonchev–Trinajstić information content (AvgIpc) is 2.79. The predicted molar refractivity (Wildman–Crippen MR) is 82.6 cm³/mol. The van der Waals surface area contributed by atoms with Crippen LogP contribution in [0.25, 0.3) is 0 Å². The third-order valence-corrected chi connectivity index (χ3v) is 4.18. The van der Waals surface area contributed by atoms with Crippen molar-refractivity contribution < 1.29 is 19.0 Å². The summed E-state index contributed by atoms with van der Waals surface area (Å²) < 4.78 is 17.1. The van der Waals surface area contributed by atoms with Gasteiger partial charge in [-0.1, -0.05) is 23.9 Å². The highest BCUT2D eigenvalue weighted by atomic mass is 32.2. The van der Waals surface area contributed by atoms with Crippen molar-refractivity contribution in [1.82, 2.24) is 9.78 Å². The van der Waals surface area contributed by atoms with E-state index in [4.69, 9.17) is 9.47 Å². The Bertz CT molecular complexity index is 670. The van der Waals surface area contributed by atoms with Crippen molar-refractivity contribution in [1.29, 1.82) is 0 Å². The third kappa shape index (κ3) is 3.54. The van der Waals surface area contributed by atoms with Crippen molar-refractivity contribution in [3.63, 3.8) is 0 Å². The monoisotopic (exact) mass is 322 g/mol. The molecule has 0 unspecified atom stereocenters. The maximum Gasteiger partial charge on any atom is 0.343 e. The zero-order valence-electron chi connectivity index (χ0n) is 13.0. The van der Waals surface area contributed by atoms with Gasteiger partial charge in [-0.15, -0.1) is 0 Å². The maximum atomic E-state index is 11.3. The Morgan fingerprint density at radius 3 is 2.73 bits per heavy atom. The number of rotatable bonds is 6. The van der Waals surface area contributed by atoms with Gasteiger partial charge >= 0.3 is 5.97 Å². The summed E-state index contributed by atoms with van der Waals surface area (Å²) in [6.07, 6.45) is 0. The van der Waals surface area contributed by atoms with Gasteiger partial charge in [0, 0.05) is 7.05 Å². The van der Waals surface area contributed by atoms with E-state index in [1.165, 1.54) is 18.9 Å². The number of carbonyl (C=O) groups excluding carboxylic acids is 1. The molecule has 2 rings (SSSR count). The van der Waals surface area contributed by atoms with Crippen LogP contribution in [-0.4, -0.2) is 36.6 Å². The molecule has 0 N–H and O–H groups in total. The molecule has 0 aliphatic rings. The number of methoxy groups -OCH3 is 2. The fourth-order valence-electron chi connectivity index (χ4n) is 1.89. The first-order valence-corrected chi connectivity index (χ1v) is 7.42. The van der Waals surface area contributed by atoms with Crippen molar-refractivity contribution in [3.05, 3.63) is 30.0 Å². The number of carbonyl (C=O) groups is 1. The van der Waals surface area contributed by atoms with Crippen molar-refractivity contribution in [3.8, 4) is 11.6 Å². The van der Waals surface area contributed by atoms with Gasteiger partial charge in [-0.2, -0.15) is 5.10 Å². The number of esters is 1. The minimum absolute atomic E-state index is 0.158. The van der Waals surface area contributed by atoms with Crippen molar-refractivity contribution >= 4 is 17.7 Å². The van der Waals surface area contributed by atoms with Crippen LogP contribution < -0.4 is 9.47 Å². The first kappa shape index (κ1) is 16.2. The van der Waals surface area contributed by atoms with E-state index in [1.54, 1.807) is 18.8 Å². The number of para-hydroxylation sites is 1. The van der Waals surface area contributed by atoms with Gasteiger partial charge in [-0.3, -0.25) is 0 Å². The molecule has 0 spiro atoms. The van der Waals surface area contributed by atoms with E-state index < -0.39 is 5.97 Å². The number of aryl methyl sites for hydroxylation is 2. The Morgan fingerprint density at radius 1 is 1.32 bits per heavy atom. The van der Waals surface area contributed by atoms with Crippen LogP contribution in [-0.2, 0) is 16.6 Å². The molecule has 1 heterocycles. The van der Waals surface area contributed by atoms with Crippen LogP contribution >= 0.6 is 11.8 Å². The lowest BCUT2D eigenvalue weighted by Gasteiger charge is -2.10. The molecule has 0 amide bonds. The molecule has 118 valence electrons. The quantitative estimate of drug-likeness (QED) is 0.761. The van der Waals surface area contributed by atoms with Gasteiger partial charge in [0.2, 0.25) is 5.88 Å². The molecule has 0 saturated heterocycles. The second kappa shape index (κ2) is 7.22. The molecule has 1 aromatic carbocycles. The second-order valence-electron chi connectivity index (χ2n) is 4.46. The van der Waals surface area contributed by atoms with Gasteiger partial charge in [0.05, 0.1) is 29.7 Å². The molecule has 1 aromatic heterocycles. The van der Waals surface area contributed by atoms with Crippen LogP contribution in [0.3, 0.4) is 0 Å². The number of benzene rings is 1. The fraction of sp³-hybridized carbons (Fsp3) is 0.333. The van der Waals surface area contributed by atoms with Crippen LogP contribution in [0, 0.1) is 6.92 Å². The van der Waals surface area contributed by atoms with E-state index in [2.05, 4.69) is 9.84 Å². The summed E-state index contributed by atoms with van der Waals surface area (Å²) in [5.74, 6) is 0.862. The first-order chi connectivity index (χ1) is 10.6. The Hall–Kier alpha value is -2.15. The lowest BCUT2D eigenvalue weighted by molar-refractivity contribution is -0.143. The largest absolute Gasteiger partial charge is 0.496 e. The van der Waals surface area contributed by atoms with E-state index in [9.17, 15) is 4.79 Å². The zero-order chi connectivity index (χ0) is 16.1. The molecule has 22 heavy (non-hydrogen) atoms. The van der Waals surface area contributed by atoms with Crippen LogP contribution in [0.4, 0.5) is 0 Å². The molecule has 2 aromatic rings. The molecule has 0 bridgehead atoms. The van der Waals surface area contributed by atoms with Crippen molar-refractivity contribution in [2.45, 2.75) is 16.7 Å². The minimum Gasteiger partial charge on any atom is -0.496 e. The smallest absolute Gasteiger partial charge is 0.343 e. The molecular weight excluding hydrogens is 304 g/mol. The standard InChI is InChI=1S/C15H18N2O4S/c1-10-14(22-12-8-6-5-7-11(12)19-3)15(17(2)16-10)21-9-13(18)20-4/h5-8H,9H2,1-4H3. The average molecular weight is 322 g/mol.